The minimum absolute atomic E-state index is 0.0672. The fraction of sp³-hybridized carbons (Fsp3) is 0.278. The van der Waals surface area contributed by atoms with Gasteiger partial charge in [0.25, 0.3) is 5.91 Å². The van der Waals surface area contributed by atoms with Crippen molar-refractivity contribution in [2.24, 2.45) is 0 Å². The number of carbonyl (C=O) groups is 1. The van der Waals surface area contributed by atoms with Crippen molar-refractivity contribution < 1.29 is 9.53 Å². The lowest BCUT2D eigenvalue weighted by molar-refractivity contribution is -0.138. The number of hydrogen-bond acceptors (Lipinski definition) is 2. The predicted molar refractivity (Wildman–Crippen MR) is 94.1 cm³/mol. The maximum absolute atomic E-state index is 12.6. The van der Waals surface area contributed by atoms with Crippen LogP contribution in [0.25, 0.3) is 0 Å². The van der Waals surface area contributed by atoms with Gasteiger partial charge in [0.15, 0.2) is 6.10 Å². The Morgan fingerprint density at radius 2 is 1.83 bits per heavy atom. The highest BCUT2D eigenvalue weighted by atomic mass is 35.5. The first-order chi connectivity index (χ1) is 11.0. The van der Waals surface area contributed by atoms with Crippen molar-refractivity contribution >= 4 is 29.1 Å². The Hall–Kier alpha value is -1.71. The number of amides is 1. The van der Waals surface area contributed by atoms with Crippen LogP contribution < -0.4 is 4.74 Å². The number of benzene rings is 2. The third-order valence-electron chi connectivity index (χ3n) is 3.43. The van der Waals surface area contributed by atoms with E-state index in [9.17, 15) is 4.79 Å². The van der Waals surface area contributed by atoms with Crippen LogP contribution >= 0.6 is 23.2 Å². The molecule has 0 aliphatic heterocycles. The Morgan fingerprint density at radius 1 is 1.13 bits per heavy atom. The molecule has 1 amide bonds. The first kappa shape index (κ1) is 17.6. The minimum Gasteiger partial charge on any atom is -0.481 e. The molecule has 0 saturated heterocycles. The van der Waals surface area contributed by atoms with Gasteiger partial charge in [-0.05, 0) is 42.3 Å². The topological polar surface area (TPSA) is 29.5 Å². The van der Waals surface area contributed by atoms with Gasteiger partial charge < -0.3 is 9.64 Å². The molecule has 0 bridgehead atoms. The lowest BCUT2D eigenvalue weighted by atomic mass is 10.2. The van der Waals surface area contributed by atoms with E-state index in [4.69, 9.17) is 27.9 Å². The van der Waals surface area contributed by atoms with Crippen molar-refractivity contribution in [3.05, 3.63) is 64.1 Å². The minimum atomic E-state index is -0.536. The molecule has 0 heterocycles. The molecule has 0 unspecified atom stereocenters. The highest BCUT2D eigenvalue weighted by molar-refractivity contribution is 6.30. The van der Waals surface area contributed by atoms with Gasteiger partial charge in [0.2, 0.25) is 0 Å². The average molecular weight is 352 g/mol. The highest BCUT2D eigenvalue weighted by Crippen LogP contribution is 2.20. The molecule has 23 heavy (non-hydrogen) atoms. The zero-order valence-electron chi connectivity index (χ0n) is 13.1. The maximum Gasteiger partial charge on any atom is 0.263 e. The van der Waals surface area contributed by atoms with Gasteiger partial charge in [-0.25, -0.2) is 0 Å². The summed E-state index contributed by atoms with van der Waals surface area (Å²) in [5.41, 5.74) is 1.02. The molecular weight excluding hydrogens is 333 g/mol. The fourth-order valence-corrected chi connectivity index (χ4v) is 2.51. The summed E-state index contributed by atoms with van der Waals surface area (Å²) in [5.74, 6) is 0.528. The lowest BCUT2D eigenvalue weighted by Gasteiger charge is -2.24. The monoisotopic (exact) mass is 351 g/mol. The molecule has 1 atom stereocenters. The maximum atomic E-state index is 12.6. The zero-order chi connectivity index (χ0) is 16.8. The Morgan fingerprint density at radius 3 is 2.43 bits per heavy atom. The van der Waals surface area contributed by atoms with Crippen LogP contribution in [0.15, 0.2) is 48.5 Å². The fourth-order valence-electron chi connectivity index (χ4n) is 2.20. The van der Waals surface area contributed by atoms with Crippen LogP contribution in [-0.4, -0.2) is 24.0 Å². The van der Waals surface area contributed by atoms with Gasteiger partial charge >= 0.3 is 0 Å². The molecule has 0 spiro atoms. The van der Waals surface area contributed by atoms with E-state index in [2.05, 4.69) is 0 Å². The molecule has 0 radical (unpaired) electrons. The van der Waals surface area contributed by atoms with E-state index in [0.29, 0.717) is 28.8 Å². The number of likely N-dealkylation sites (N-methyl/N-ethyl adjacent to an activating group) is 1. The summed E-state index contributed by atoms with van der Waals surface area (Å²) in [6, 6.07) is 14.5. The van der Waals surface area contributed by atoms with E-state index >= 15 is 0 Å². The van der Waals surface area contributed by atoms with Gasteiger partial charge in [0, 0.05) is 23.6 Å². The summed E-state index contributed by atoms with van der Waals surface area (Å²) in [5, 5.41) is 1.26. The van der Waals surface area contributed by atoms with E-state index in [1.165, 1.54) is 0 Å². The van der Waals surface area contributed by atoms with Gasteiger partial charge in [-0.3, -0.25) is 4.79 Å². The van der Waals surface area contributed by atoms with Crippen LogP contribution in [0.5, 0.6) is 5.75 Å². The molecule has 0 aliphatic carbocycles. The number of nitrogens with zero attached hydrogens (tertiary/aromatic N) is 1. The van der Waals surface area contributed by atoms with Crippen LogP contribution in [0, 0.1) is 0 Å². The standard InChI is InChI=1S/C18H19Cl2NO2/c1-3-17(23-16-6-4-5-15(20)11-16)18(22)21(2)12-13-7-9-14(19)10-8-13/h4-11,17H,3,12H2,1-2H3/t17-/m0/s1. The van der Waals surface area contributed by atoms with Gasteiger partial charge in [-0.15, -0.1) is 0 Å². The van der Waals surface area contributed by atoms with Gasteiger partial charge in [-0.2, -0.15) is 0 Å². The summed E-state index contributed by atoms with van der Waals surface area (Å²) in [7, 11) is 1.76. The third-order valence-corrected chi connectivity index (χ3v) is 3.92. The summed E-state index contributed by atoms with van der Waals surface area (Å²) < 4.78 is 5.79. The molecule has 2 aromatic carbocycles. The molecule has 0 saturated carbocycles. The second kappa shape index (κ2) is 8.23. The number of ether oxygens (including phenoxy) is 1. The molecule has 0 N–H and O–H groups in total. The Kier molecular flexibility index (Phi) is 6.31. The van der Waals surface area contributed by atoms with Crippen LogP contribution in [0.2, 0.25) is 10.0 Å². The number of halogens is 2. The van der Waals surface area contributed by atoms with Crippen LogP contribution in [0.4, 0.5) is 0 Å². The van der Waals surface area contributed by atoms with Gasteiger partial charge in [0.05, 0.1) is 0 Å². The van der Waals surface area contributed by atoms with Crippen molar-refractivity contribution in [2.45, 2.75) is 26.0 Å². The Balaban J connectivity index is 2.02. The predicted octanol–water partition coefficient (Wildman–Crippen LogP) is 4.81. The van der Waals surface area contributed by atoms with Gasteiger partial charge in [0.1, 0.15) is 5.75 Å². The van der Waals surface area contributed by atoms with Crippen molar-refractivity contribution in [1.29, 1.82) is 0 Å². The average Bonchev–Trinajstić information content (AvgIpc) is 2.54. The molecule has 0 aromatic heterocycles. The van der Waals surface area contributed by atoms with E-state index in [1.807, 2.05) is 31.2 Å². The first-order valence-corrected chi connectivity index (χ1v) is 8.17. The molecule has 122 valence electrons. The molecular formula is C18H19Cl2NO2. The first-order valence-electron chi connectivity index (χ1n) is 7.41. The van der Waals surface area contributed by atoms with Crippen LogP contribution in [0.3, 0.4) is 0 Å². The second-order valence-electron chi connectivity index (χ2n) is 5.29. The van der Waals surface area contributed by atoms with Crippen molar-refractivity contribution in [2.75, 3.05) is 7.05 Å². The van der Waals surface area contributed by atoms with Crippen LogP contribution in [0.1, 0.15) is 18.9 Å². The van der Waals surface area contributed by atoms with Gasteiger partial charge in [-0.1, -0.05) is 48.3 Å². The number of carbonyl (C=O) groups excluding carboxylic acids is 1. The van der Waals surface area contributed by atoms with Crippen molar-refractivity contribution in [3.8, 4) is 5.75 Å². The van der Waals surface area contributed by atoms with E-state index in [1.54, 1.807) is 36.2 Å². The summed E-state index contributed by atoms with van der Waals surface area (Å²) in [4.78, 5) is 14.2. The van der Waals surface area contributed by atoms with E-state index in [-0.39, 0.29) is 5.91 Å². The smallest absolute Gasteiger partial charge is 0.263 e. The molecule has 2 rings (SSSR count). The molecule has 3 nitrogen and oxygen atoms in total. The number of rotatable bonds is 6. The van der Waals surface area contributed by atoms with Crippen LogP contribution in [-0.2, 0) is 11.3 Å². The summed E-state index contributed by atoms with van der Waals surface area (Å²) >= 11 is 11.8. The molecule has 5 heteroatoms. The largest absolute Gasteiger partial charge is 0.481 e. The third kappa shape index (κ3) is 5.15. The number of hydrogen-bond donors (Lipinski definition) is 0. The molecule has 0 aliphatic rings. The molecule has 0 fully saturated rings. The Labute approximate surface area is 146 Å². The second-order valence-corrected chi connectivity index (χ2v) is 6.17. The van der Waals surface area contributed by atoms with E-state index < -0.39 is 6.10 Å². The van der Waals surface area contributed by atoms with E-state index in [0.717, 1.165) is 5.56 Å². The zero-order valence-corrected chi connectivity index (χ0v) is 14.6. The Bertz CT molecular complexity index is 658. The normalized spacial score (nSPS) is 11.8. The molecule has 2 aromatic rings. The highest BCUT2D eigenvalue weighted by Gasteiger charge is 2.22. The summed E-state index contributed by atoms with van der Waals surface area (Å²) in [6.07, 6.45) is 0.0433. The van der Waals surface area contributed by atoms with Crippen molar-refractivity contribution in [3.63, 3.8) is 0 Å². The quantitative estimate of drug-likeness (QED) is 0.747. The van der Waals surface area contributed by atoms with Crippen molar-refractivity contribution in [1.82, 2.24) is 4.90 Å². The SMILES string of the molecule is CC[C@H](Oc1cccc(Cl)c1)C(=O)N(C)Cc1ccc(Cl)cc1. The summed E-state index contributed by atoms with van der Waals surface area (Å²) in [6.45, 7) is 2.43. The lowest BCUT2D eigenvalue weighted by Crippen LogP contribution is -2.39.